The molecule has 20 heavy (non-hydrogen) atoms. The number of carbonyl (C=O) groups is 2. The average Bonchev–Trinajstić information content (AvgIpc) is 2.24. The number of alkyl halides is 6. The largest absolute Gasteiger partial charge is 0.481 e. The quantitative estimate of drug-likeness (QED) is 0.529. The highest BCUT2D eigenvalue weighted by Gasteiger charge is 2.38. The van der Waals surface area contributed by atoms with Crippen LogP contribution in [0.3, 0.4) is 0 Å². The van der Waals surface area contributed by atoms with Gasteiger partial charge in [0.05, 0.1) is 11.1 Å². The van der Waals surface area contributed by atoms with E-state index in [0.29, 0.717) is 0 Å². The molecule has 0 amide bonds. The van der Waals surface area contributed by atoms with Crippen LogP contribution >= 0.6 is 0 Å². The summed E-state index contributed by atoms with van der Waals surface area (Å²) in [5.41, 5.74) is -4.37. The molecule has 0 aliphatic rings. The van der Waals surface area contributed by atoms with E-state index in [2.05, 4.69) is 0 Å². The lowest BCUT2D eigenvalue weighted by Gasteiger charge is -2.14. The molecule has 0 unspecified atom stereocenters. The van der Waals surface area contributed by atoms with Crippen molar-refractivity contribution >= 4 is 11.8 Å². The molecule has 0 atom stereocenters. The van der Waals surface area contributed by atoms with E-state index in [4.69, 9.17) is 5.11 Å². The number of benzene rings is 1. The van der Waals surface area contributed by atoms with Crippen molar-refractivity contribution in [2.75, 3.05) is 0 Å². The van der Waals surface area contributed by atoms with E-state index in [1.165, 1.54) is 0 Å². The average molecular weight is 300 g/mol. The number of rotatable bonds is 3. The Kier molecular flexibility index (Phi) is 4.11. The van der Waals surface area contributed by atoms with Crippen molar-refractivity contribution in [2.24, 2.45) is 0 Å². The van der Waals surface area contributed by atoms with Gasteiger partial charge in [-0.15, -0.1) is 0 Å². The molecule has 1 aromatic rings. The molecule has 0 bridgehead atoms. The van der Waals surface area contributed by atoms with Crippen molar-refractivity contribution in [1.82, 2.24) is 0 Å². The van der Waals surface area contributed by atoms with Gasteiger partial charge in [0.25, 0.3) is 0 Å². The van der Waals surface area contributed by atoms with Crippen LogP contribution in [-0.2, 0) is 17.1 Å². The molecule has 1 N–H and O–H groups in total. The maximum Gasteiger partial charge on any atom is 0.417 e. The minimum Gasteiger partial charge on any atom is -0.481 e. The van der Waals surface area contributed by atoms with Gasteiger partial charge < -0.3 is 5.11 Å². The van der Waals surface area contributed by atoms with Crippen molar-refractivity contribution in [1.29, 1.82) is 0 Å². The predicted octanol–water partition coefficient (Wildman–Crippen LogP) is 3.38. The van der Waals surface area contributed by atoms with Gasteiger partial charge in [0.15, 0.2) is 5.78 Å². The fourth-order valence-electron chi connectivity index (χ4n) is 1.43. The van der Waals surface area contributed by atoms with E-state index >= 15 is 0 Å². The zero-order valence-corrected chi connectivity index (χ0v) is 9.47. The molecule has 0 saturated carbocycles. The molecule has 0 heterocycles. The summed E-state index contributed by atoms with van der Waals surface area (Å²) in [6.07, 6.45) is -11.3. The maximum atomic E-state index is 12.6. The molecule has 0 aliphatic carbocycles. The molecule has 9 heteroatoms. The first kappa shape index (κ1) is 16.0. The van der Waals surface area contributed by atoms with Crippen molar-refractivity contribution in [3.05, 3.63) is 34.9 Å². The monoisotopic (exact) mass is 300 g/mol. The molecule has 0 radical (unpaired) electrons. The molecule has 0 aliphatic heterocycles. The number of aliphatic carboxylic acids is 1. The van der Waals surface area contributed by atoms with E-state index < -0.39 is 47.2 Å². The second-order valence-corrected chi connectivity index (χ2v) is 3.75. The zero-order valence-electron chi connectivity index (χ0n) is 9.47. The minimum atomic E-state index is -5.06. The molecule has 0 spiro atoms. The van der Waals surface area contributed by atoms with Crippen molar-refractivity contribution < 1.29 is 41.0 Å². The Morgan fingerprint density at radius 1 is 1.00 bits per heavy atom. The van der Waals surface area contributed by atoms with E-state index in [9.17, 15) is 35.9 Å². The Morgan fingerprint density at radius 2 is 1.55 bits per heavy atom. The molecule has 110 valence electrons. The number of Topliss-reactive ketones (excluding diaryl/α,β-unsaturated/α-hetero) is 1. The lowest BCUT2D eigenvalue weighted by Crippen LogP contribution is -2.17. The van der Waals surface area contributed by atoms with Gasteiger partial charge in [0, 0.05) is 5.56 Å². The van der Waals surface area contributed by atoms with Crippen LogP contribution in [0.5, 0.6) is 0 Å². The maximum absolute atomic E-state index is 12.6. The van der Waals surface area contributed by atoms with Gasteiger partial charge in [-0.2, -0.15) is 26.3 Å². The summed E-state index contributed by atoms with van der Waals surface area (Å²) in [5.74, 6) is -3.28. The Morgan fingerprint density at radius 3 is 1.95 bits per heavy atom. The third-order valence-electron chi connectivity index (χ3n) is 2.26. The van der Waals surface area contributed by atoms with Crippen LogP contribution in [0.1, 0.15) is 27.9 Å². The summed E-state index contributed by atoms with van der Waals surface area (Å²) >= 11 is 0. The fourth-order valence-corrected chi connectivity index (χ4v) is 1.43. The summed E-state index contributed by atoms with van der Waals surface area (Å²) in [6, 6.07) is 0.298. The number of ketones is 1. The SMILES string of the molecule is O=C(O)CC(=O)c1cc(C(F)(F)F)ccc1C(F)(F)F. The van der Waals surface area contributed by atoms with Gasteiger partial charge in [-0.1, -0.05) is 0 Å². The van der Waals surface area contributed by atoms with Crippen LogP contribution in [0, 0.1) is 0 Å². The van der Waals surface area contributed by atoms with E-state index in [1.54, 1.807) is 0 Å². The number of hydrogen-bond donors (Lipinski definition) is 1. The normalized spacial score (nSPS) is 12.3. The summed E-state index contributed by atoms with van der Waals surface area (Å²) < 4.78 is 75.0. The minimum absolute atomic E-state index is 0.00803. The zero-order chi connectivity index (χ0) is 15.7. The standard InChI is InChI=1S/C11H6F6O3/c12-10(13,14)5-1-2-7(11(15,16)17)6(3-5)8(18)4-9(19)20/h1-3H,4H2,(H,19,20). The van der Waals surface area contributed by atoms with Crippen LogP contribution in [0.15, 0.2) is 18.2 Å². The Balaban J connectivity index is 3.42. The van der Waals surface area contributed by atoms with Gasteiger partial charge in [-0.25, -0.2) is 0 Å². The molecule has 0 aromatic heterocycles. The second-order valence-electron chi connectivity index (χ2n) is 3.75. The van der Waals surface area contributed by atoms with Gasteiger partial charge in [-0.3, -0.25) is 9.59 Å². The number of carboxylic acids is 1. The lowest BCUT2D eigenvalue weighted by atomic mass is 9.98. The van der Waals surface area contributed by atoms with Gasteiger partial charge >= 0.3 is 18.3 Å². The van der Waals surface area contributed by atoms with Gasteiger partial charge in [0.1, 0.15) is 6.42 Å². The van der Waals surface area contributed by atoms with E-state index in [1.807, 2.05) is 0 Å². The molecule has 0 saturated heterocycles. The lowest BCUT2D eigenvalue weighted by molar-refractivity contribution is -0.141. The molecule has 0 fully saturated rings. The molecular formula is C11H6F6O3. The van der Waals surface area contributed by atoms with Crippen molar-refractivity contribution in [3.8, 4) is 0 Å². The van der Waals surface area contributed by atoms with Crippen LogP contribution < -0.4 is 0 Å². The second kappa shape index (κ2) is 5.14. The summed E-state index contributed by atoms with van der Waals surface area (Å²) in [6.45, 7) is 0. The first-order valence-electron chi connectivity index (χ1n) is 4.96. The Hall–Kier alpha value is -2.06. The highest BCUT2D eigenvalue weighted by atomic mass is 19.4. The van der Waals surface area contributed by atoms with Crippen LogP contribution in [-0.4, -0.2) is 16.9 Å². The fraction of sp³-hybridized carbons (Fsp3) is 0.273. The Bertz CT molecular complexity index is 544. The third-order valence-corrected chi connectivity index (χ3v) is 2.26. The Labute approximate surface area is 107 Å². The highest BCUT2D eigenvalue weighted by Crippen LogP contribution is 2.36. The van der Waals surface area contributed by atoms with Crippen molar-refractivity contribution in [3.63, 3.8) is 0 Å². The topological polar surface area (TPSA) is 54.4 Å². The van der Waals surface area contributed by atoms with Crippen LogP contribution in [0.25, 0.3) is 0 Å². The summed E-state index contributed by atoms with van der Waals surface area (Å²) in [7, 11) is 0. The smallest absolute Gasteiger partial charge is 0.417 e. The number of halogens is 6. The molecule has 1 rings (SSSR count). The van der Waals surface area contributed by atoms with E-state index in [0.717, 1.165) is 0 Å². The number of hydrogen-bond acceptors (Lipinski definition) is 2. The summed E-state index contributed by atoms with van der Waals surface area (Å²) in [5, 5.41) is 8.34. The molecule has 3 nitrogen and oxygen atoms in total. The van der Waals surface area contributed by atoms with Crippen LogP contribution in [0.4, 0.5) is 26.3 Å². The molecular weight excluding hydrogens is 294 g/mol. The first-order chi connectivity index (χ1) is 8.93. The van der Waals surface area contributed by atoms with Gasteiger partial charge in [-0.05, 0) is 18.2 Å². The summed E-state index contributed by atoms with van der Waals surface area (Å²) in [4.78, 5) is 21.7. The number of carboxylic acid groups (broad SMARTS) is 1. The van der Waals surface area contributed by atoms with Crippen molar-refractivity contribution in [2.45, 2.75) is 18.8 Å². The van der Waals surface area contributed by atoms with Crippen LogP contribution in [0.2, 0.25) is 0 Å². The highest BCUT2D eigenvalue weighted by molar-refractivity contribution is 6.06. The third kappa shape index (κ3) is 3.72. The van der Waals surface area contributed by atoms with E-state index in [-0.39, 0.29) is 18.2 Å². The van der Waals surface area contributed by atoms with Gasteiger partial charge in [0.2, 0.25) is 0 Å². The first-order valence-corrected chi connectivity index (χ1v) is 4.96. The number of carbonyl (C=O) groups excluding carboxylic acids is 1. The predicted molar refractivity (Wildman–Crippen MR) is 53.0 cm³/mol. The molecule has 1 aromatic carbocycles.